The van der Waals surface area contributed by atoms with Crippen molar-refractivity contribution in [3.8, 4) is 0 Å². The van der Waals surface area contributed by atoms with E-state index in [-0.39, 0.29) is 0 Å². The second-order valence-corrected chi connectivity index (χ2v) is 8.05. The first-order valence-electron chi connectivity index (χ1n) is 9.03. The number of carbonyl (C=O) groups excluding carboxylic acids is 1. The van der Waals surface area contributed by atoms with Gasteiger partial charge in [0.25, 0.3) is 0 Å². The maximum Gasteiger partial charge on any atom is 0.188 e. The SMILES string of the molecule is CC(=O)[C@H]1O[C@@H](OC(C)(C)C)[C@H](O[C@@H]2O[C@H](CO)[C@@H](O)[C@H](O)[C@H]2O)[C@@H](O)[C@@H]1O. The Hall–Kier alpha value is -0.730. The Morgan fingerprint density at radius 2 is 1.50 bits per heavy atom. The summed E-state index contributed by atoms with van der Waals surface area (Å²) in [5.74, 6) is -0.527. The molecule has 2 aliphatic heterocycles. The Labute approximate surface area is 162 Å². The molecule has 0 radical (unpaired) electrons. The molecule has 0 aliphatic carbocycles. The van der Waals surface area contributed by atoms with Crippen LogP contribution in [-0.4, -0.2) is 110 Å². The fraction of sp³-hybridized carbons (Fsp3) is 0.941. The molecule has 0 saturated carbocycles. The van der Waals surface area contributed by atoms with E-state index in [1.807, 2.05) is 0 Å². The fourth-order valence-electron chi connectivity index (χ4n) is 3.10. The zero-order valence-electron chi connectivity index (χ0n) is 16.2. The molecule has 11 nitrogen and oxygen atoms in total. The summed E-state index contributed by atoms with van der Waals surface area (Å²) in [5.41, 5.74) is -0.787. The molecular formula is C17H30O11. The van der Waals surface area contributed by atoms with Crippen LogP contribution in [0.1, 0.15) is 27.7 Å². The summed E-state index contributed by atoms with van der Waals surface area (Å²) < 4.78 is 22.0. The summed E-state index contributed by atoms with van der Waals surface area (Å²) in [7, 11) is 0. The molecule has 2 rings (SSSR count). The average Bonchev–Trinajstić information content (AvgIpc) is 2.59. The van der Waals surface area contributed by atoms with E-state index in [0.717, 1.165) is 0 Å². The number of rotatable bonds is 5. The Balaban J connectivity index is 2.25. The molecule has 2 aliphatic rings. The summed E-state index contributed by atoms with van der Waals surface area (Å²) in [6, 6.07) is 0. The lowest BCUT2D eigenvalue weighted by molar-refractivity contribution is -0.371. The standard InChI is InChI=1S/C17H30O11/c1-6(19)13-10(22)11(23)14(16(26-13)28-17(2,3)4)27-15-12(24)9(21)8(20)7(5-18)25-15/h7-16,18,20-24H,5H2,1-4H3/t7-,8-,9+,10+,11+,12-,13-,14-,15+,16+/m1/s1. The number of ether oxygens (including phenoxy) is 4. The monoisotopic (exact) mass is 410 g/mol. The van der Waals surface area contributed by atoms with E-state index >= 15 is 0 Å². The minimum atomic E-state index is -1.72. The first-order chi connectivity index (χ1) is 12.9. The van der Waals surface area contributed by atoms with E-state index in [4.69, 9.17) is 18.9 Å². The maximum absolute atomic E-state index is 11.7. The number of hydrogen-bond acceptors (Lipinski definition) is 11. The first-order valence-corrected chi connectivity index (χ1v) is 9.03. The van der Waals surface area contributed by atoms with Crippen LogP contribution in [0.25, 0.3) is 0 Å². The van der Waals surface area contributed by atoms with Gasteiger partial charge in [-0.05, 0) is 27.7 Å². The highest BCUT2D eigenvalue weighted by molar-refractivity contribution is 5.81. The third-order valence-electron chi connectivity index (χ3n) is 4.56. The van der Waals surface area contributed by atoms with Gasteiger partial charge in [-0.15, -0.1) is 0 Å². The van der Waals surface area contributed by atoms with Crippen LogP contribution in [-0.2, 0) is 23.7 Å². The normalized spacial score (nSPS) is 45.1. The molecule has 0 spiro atoms. The van der Waals surface area contributed by atoms with E-state index < -0.39 is 79.4 Å². The van der Waals surface area contributed by atoms with Gasteiger partial charge in [-0.1, -0.05) is 0 Å². The molecule has 164 valence electrons. The smallest absolute Gasteiger partial charge is 0.188 e. The van der Waals surface area contributed by atoms with Gasteiger partial charge in [0.15, 0.2) is 18.4 Å². The van der Waals surface area contributed by atoms with Crippen LogP contribution in [0.2, 0.25) is 0 Å². The molecule has 2 heterocycles. The number of aliphatic hydroxyl groups excluding tert-OH is 6. The zero-order valence-corrected chi connectivity index (χ0v) is 16.2. The van der Waals surface area contributed by atoms with Crippen molar-refractivity contribution in [2.75, 3.05) is 6.61 Å². The molecule has 0 aromatic carbocycles. The largest absolute Gasteiger partial charge is 0.394 e. The van der Waals surface area contributed by atoms with Crippen molar-refractivity contribution in [2.24, 2.45) is 0 Å². The van der Waals surface area contributed by atoms with Crippen molar-refractivity contribution < 1.29 is 54.4 Å². The summed E-state index contributed by atoms with van der Waals surface area (Å²) in [6.45, 7) is 5.61. The quantitative estimate of drug-likeness (QED) is 0.273. The van der Waals surface area contributed by atoms with Gasteiger partial charge in [-0.25, -0.2) is 0 Å². The lowest BCUT2D eigenvalue weighted by Gasteiger charge is -2.46. The zero-order chi connectivity index (χ0) is 21.4. The van der Waals surface area contributed by atoms with Gasteiger partial charge >= 0.3 is 0 Å². The Kier molecular flexibility index (Phi) is 7.54. The van der Waals surface area contributed by atoms with Gasteiger partial charge in [0.1, 0.15) is 48.8 Å². The van der Waals surface area contributed by atoms with Crippen LogP contribution >= 0.6 is 0 Å². The van der Waals surface area contributed by atoms with Crippen molar-refractivity contribution in [1.82, 2.24) is 0 Å². The Bertz CT molecular complexity index is 534. The molecule has 0 bridgehead atoms. The van der Waals surface area contributed by atoms with Crippen LogP contribution < -0.4 is 0 Å². The second kappa shape index (κ2) is 8.96. The predicted octanol–water partition coefficient (Wildman–Crippen LogP) is -2.98. The highest BCUT2D eigenvalue weighted by atomic mass is 16.8. The van der Waals surface area contributed by atoms with Gasteiger partial charge in [0.2, 0.25) is 0 Å². The minimum absolute atomic E-state index is 0.527. The molecule has 11 heteroatoms. The van der Waals surface area contributed by atoms with Gasteiger partial charge in [0, 0.05) is 0 Å². The van der Waals surface area contributed by atoms with Crippen molar-refractivity contribution in [2.45, 2.75) is 94.7 Å². The molecule has 28 heavy (non-hydrogen) atoms. The summed E-state index contributed by atoms with van der Waals surface area (Å²) in [6.07, 6.45) is -15.1. The second-order valence-electron chi connectivity index (χ2n) is 8.05. The molecule has 10 atom stereocenters. The van der Waals surface area contributed by atoms with Crippen molar-refractivity contribution in [3.63, 3.8) is 0 Å². The highest BCUT2D eigenvalue weighted by Crippen LogP contribution is 2.31. The summed E-state index contributed by atoms with van der Waals surface area (Å²) in [5, 5.41) is 59.9. The Morgan fingerprint density at radius 3 is 2.00 bits per heavy atom. The maximum atomic E-state index is 11.7. The fourth-order valence-corrected chi connectivity index (χ4v) is 3.10. The van der Waals surface area contributed by atoms with Gasteiger partial charge < -0.3 is 49.6 Å². The van der Waals surface area contributed by atoms with Gasteiger partial charge in [0.05, 0.1) is 12.2 Å². The molecule has 6 N–H and O–H groups in total. The molecule has 0 aromatic rings. The number of aliphatic hydroxyl groups is 6. The number of Topliss-reactive ketones (excluding diaryl/α,β-unsaturated/α-hetero) is 1. The summed E-state index contributed by atoms with van der Waals surface area (Å²) >= 11 is 0. The first kappa shape index (κ1) is 23.5. The number of ketones is 1. The minimum Gasteiger partial charge on any atom is -0.394 e. The molecule has 0 unspecified atom stereocenters. The lowest BCUT2D eigenvalue weighted by Crippen LogP contribution is -2.65. The van der Waals surface area contributed by atoms with E-state index in [0.29, 0.717) is 0 Å². The number of hydrogen-bond donors (Lipinski definition) is 6. The highest BCUT2D eigenvalue weighted by Gasteiger charge is 2.52. The van der Waals surface area contributed by atoms with Gasteiger partial charge in [-0.2, -0.15) is 0 Å². The predicted molar refractivity (Wildman–Crippen MR) is 90.8 cm³/mol. The molecule has 2 saturated heterocycles. The third-order valence-corrected chi connectivity index (χ3v) is 4.56. The number of carbonyl (C=O) groups is 1. The average molecular weight is 410 g/mol. The molecular weight excluding hydrogens is 380 g/mol. The molecule has 0 aromatic heterocycles. The van der Waals surface area contributed by atoms with Crippen molar-refractivity contribution >= 4 is 5.78 Å². The third kappa shape index (κ3) is 5.05. The van der Waals surface area contributed by atoms with Crippen molar-refractivity contribution in [1.29, 1.82) is 0 Å². The lowest BCUT2D eigenvalue weighted by atomic mass is 9.95. The molecule has 2 fully saturated rings. The van der Waals surface area contributed by atoms with E-state index in [1.54, 1.807) is 20.8 Å². The van der Waals surface area contributed by atoms with E-state index in [2.05, 4.69) is 0 Å². The van der Waals surface area contributed by atoms with Crippen LogP contribution in [0.5, 0.6) is 0 Å². The van der Waals surface area contributed by atoms with E-state index in [9.17, 15) is 35.4 Å². The van der Waals surface area contributed by atoms with Crippen LogP contribution in [0.15, 0.2) is 0 Å². The van der Waals surface area contributed by atoms with Crippen LogP contribution in [0.4, 0.5) is 0 Å². The summed E-state index contributed by atoms with van der Waals surface area (Å²) in [4.78, 5) is 11.7. The Morgan fingerprint density at radius 1 is 0.893 bits per heavy atom. The molecule has 0 amide bonds. The van der Waals surface area contributed by atoms with E-state index in [1.165, 1.54) is 6.92 Å². The van der Waals surface area contributed by atoms with Crippen molar-refractivity contribution in [3.05, 3.63) is 0 Å². The topological polar surface area (TPSA) is 175 Å². The van der Waals surface area contributed by atoms with Crippen LogP contribution in [0.3, 0.4) is 0 Å². The van der Waals surface area contributed by atoms with Crippen LogP contribution in [0, 0.1) is 0 Å². The van der Waals surface area contributed by atoms with Gasteiger partial charge in [-0.3, -0.25) is 4.79 Å².